The standard InChI is InChI=1S/C23H24FN5O6/c1-13(31)25-9-17-11-29(23(34)35-17)15-2-3-18(19(24)7-15)14-4-5-28-20(10-26-21(28)6-14)22(33)27-8-16(32)12-30/h2-7,10,16-17,30,32H,8-9,11-12H2,1H3,(H,25,31)(H,27,33)/t16-,17+/m1/s1. The molecule has 1 saturated heterocycles. The normalized spacial score (nSPS) is 16.3. The molecule has 0 bridgehead atoms. The van der Waals surface area contributed by atoms with Crippen molar-refractivity contribution in [3.8, 4) is 11.1 Å². The van der Waals surface area contributed by atoms with Crippen molar-refractivity contribution in [1.82, 2.24) is 20.0 Å². The van der Waals surface area contributed by atoms with Gasteiger partial charge in [0.2, 0.25) is 5.91 Å². The number of amides is 3. The molecule has 3 heterocycles. The number of aromatic nitrogens is 2. The summed E-state index contributed by atoms with van der Waals surface area (Å²) in [6, 6.07) is 7.61. The lowest BCUT2D eigenvalue weighted by Gasteiger charge is -2.14. The van der Waals surface area contributed by atoms with Gasteiger partial charge in [-0.1, -0.05) is 0 Å². The van der Waals surface area contributed by atoms with Crippen LogP contribution < -0.4 is 15.5 Å². The Morgan fingerprint density at radius 1 is 1.29 bits per heavy atom. The van der Waals surface area contributed by atoms with E-state index < -0.39 is 36.6 Å². The molecule has 12 heteroatoms. The third-order valence-electron chi connectivity index (χ3n) is 5.48. The monoisotopic (exact) mass is 485 g/mol. The van der Waals surface area contributed by atoms with E-state index in [1.165, 1.54) is 34.6 Å². The van der Waals surface area contributed by atoms with Gasteiger partial charge in [0, 0.05) is 25.2 Å². The van der Waals surface area contributed by atoms with Crippen LogP contribution in [0.5, 0.6) is 0 Å². The second-order valence-electron chi connectivity index (χ2n) is 8.05. The van der Waals surface area contributed by atoms with Crippen LogP contribution in [0.2, 0.25) is 0 Å². The summed E-state index contributed by atoms with van der Waals surface area (Å²) < 4.78 is 21.8. The number of anilines is 1. The third-order valence-corrected chi connectivity index (χ3v) is 5.48. The smallest absolute Gasteiger partial charge is 0.414 e. The maximum absolute atomic E-state index is 15.0. The topological polar surface area (TPSA) is 146 Å². The van der Waals surface area contributed by atoms with E-state index in [2.05, 4.69) is 15.6 Å². The molecule has 11 nitrogen and oxygen atoms in total. The van der Waals surface area contributed by atoms with Crippen molar-refractivity contribution in [1.29, 1.82) is 0 Å². The number of halogens is 1. The van der Waals surface area contributed by atoms with Crippen molar-refractivity contribution >= 4 is 29.2 Å². The predicted octanol–water partition coefficient (Wildman–Crippen LogP) is 0.685. The summed E-state index contributed by atoms with van der Waals surface area (Å²) in [5.74, 6) is -1.28. The first kappa shape index (κ1) is 24.1. The van der Waals surface area contributed by atoms with Crippen molar-refractivity contribution in [3.63, 3.8) is 0 Å². The van der Waals surface area contributed by atoms with Crippen LogP contribution in [0.15, 0.2) is 42.7 Å². The van der Waals surface area contributed by atoms with Crippen LogP contribution >= 0.6 is 0 Å². The maximum Gasteiger partial charge on any atom is 0.414 e. The minimum absolute atomic E-state index is 0.114. The first-order chi connectivity index (χ1) is 16.8. The Balaban J connectivity index is 1.51. The van der Waals surface area contributed by atoms with Crippen LogP contribution in [0.3, 0.4) is 0 Å². The highest BCUT2D eigenvalue weighted by molar-refractivity contribution is 5.93. The van der Waals surface area contributed by atoms with Gasteiger partial charge >= 0.3 is 6.09 Å². The van der Waals surface area contributed by atoms with E-state index in [-0.39, 0.29) is 36.8 Å². The average molecular weight is 485 g/mol. The first-order valence-corrected chi connectivity index (χ1v) is 10.8. The second kappa shape index (κ2) is 10.1. The number of hydrogen-bond donors (Lipinski definition) is 4. The number of nitrogens with zero attached hydrogens (tertiary/aromatic N) is 3. The average Bonchev–Trinajstić information content (AvgIpc) is 3.43. The molecule has 0 spiro atoms. The van der Waals surface area contributed by atoms with Crippen LogP contribution in [0, 0.1) is 5.82 Å². The van der Waals surface area contributed by atoms with E-state index in [0.29, 0.717) is 16.9 Å². The van der Waals surface area contributed by atoms with Gasteiger partial charge in [0.15, 0.2) is 0 Å². The Labute approximate surface area is 199 Å². The van der Waals surface area contributed by atoms with Crippen LogP contribution in [0.1, 0.15) is 17.4 Å². The molecule has 0 aliphatic carbocycles. The van der Waals surface area contributed by atoms with E-state index in [4.69, 9.17) is 9.84 Å². The predicted molar refractivity (Wildman–Crippen MR) is 122 cm³/mol. The molecule has 3 amide bonds. The van der Waals surface area contributed by atoms with Gasteiger partial charge in [0.25, 0.3) is 5.91 Å². The second-order valence-corrected chi connectivity index (χ2v) is 8.05. The summed E-state index contributed by atoms with van der Waals surface area (Å²) in [7, 11) is 0. The highest BCUT2D eigenvalue weighted by Crippen LogP contribution is 2.29. The molecule has 0 radical (unpaired) electrons. The number of aliphatic hydroxyl groups is 2. The molecule has 0 unspecified atom stereocenters. The van der Waals surface area contributed by atoms with Crippen LogP contribution in [0.25, 0.3) is 16.8 Å². The molecule has 184 valence electrons. The van der Waals surface area contributed by atoms with Crippen LogP contribution in [-0.2, 0) is 9.53 Å². The van der Waals surface area contributed by atoms with Crippen molar-refractivity contribution in [2.24, 2.45) is 0 Å². The molecular weight excluding hydrogens is 461 g/mol. The molecule has 4 rings (SSSR count). The number of hydrogen-bond acceptors (Lipinski definition) is 7. The van der Waals surface area contributed by atoms with Crippen molar-refractivity contribution in [2.75, 3.05) is 31.1 Å². The summed E-state index contributed by atoms with van der Waals surface area (Å²) >= 11 is 0. The van der Waals surface area contributed by atoms with Crippen molar-refractivity contribution in [3.05, 3.63) is 54.2 Å². The van der Waals surface area contributed by atoms with Crippen LogP contribution in [0.4, 0.5) is 14.9 Å². The Kier molecular flexibility index (Phi) is 6.94. The fraction of sp³-hybridized carbons (Fsp3) is 0.304. The largest absolute Gasteiger partial charge is 0.442 e. The Morgan fingerprint density at radius 3 is 2.80 bits per heavy atom. The van der Waals surface area contributed by atoms with Gasteiger partial charge in [0.1, 0.15) is 23.3 Å². The number of carbonyl (C=O) groups excluding carboxylic acids is 3. The fourth-order valence-corrected chi connectivity index (χ4v) is 3.68. The molecule has 0 saturated carbocycles. The number of nitrogens with one attached hydrogen (secondary N) is 2. The van der Waals surface area contributed by atoms with Gasteiger partial charge in [-0.15, -0.1) is 0 Å². The lowest BCUT2D eigenvalue weighted by Crippen LogP contribution is -2.34. The SMILES string of the molecule is CC(=O)NC[C@H]1CN(c2ccc(-c3ccn4c(C(=O)NC[C@@H](O)CO)cnc4c3)c(F)c2)C(=O)O1. The van der Waals surface area contributed by atoms with E-state index in [9.17, 15) is 19.5 Å². The van der Waals surface area contributed by atoms with E-state index in [1.54, 1.807) is 24.4 Å². The molecule has 2 atom stereocenters. The van der Waals surface area contributed by atoms with Gasteiger partial charge in [-0.05, 0) is 35.9 Å². The molecular formula is C23H24FN5O6. The quantitative estimate of drug-likeness (QED) is 0.367. The Bertz CT molecular complexity index is 1280. The zero-order valence-corrected chi connectivity index (χ0v) is 18.8. The minimum atomic E-state index is -1.07. The fourth-order valence-electron chi connectivity index (χ4n) is 3.68. The van der Waals surface area contributed by atoms with Crippen LogP contribution in [-0.4, -0.2) is 76.0 Å². The zero-order valence-electron chi connectivity index (χ0n) is 18.8. The number of rotatable bonds is 8. The van der Waals surface area contributed by atoms with E-state index in [0.717, 1.165) is 0 Å². The third kappa shape index (κ3) is 5.23. The van der Waals surface area contributed by atoms with Crippen molar-refractivity contribution in [2.45, 2.75) is 19.1 Å². The molecule has 4 N–H and O–H groups in total. The minimum Gasteiger partial charge on any atom is -0.442 e. The molecule has 3 aromatic rings. The first-order valence-electron chi connectivity index (χ1n) is 10.8. The van der Waals surface area contributed by atoms with Gasteiger partial charge < -0.3 is 25.6 Å². The summed E-state index contributed by atoms with van der Waals surface area (Å²) in [4.78, 5) is 41.1. The summed E-state index contributed by atoms with van der Waals surface area (Å²) in [5.41, 5.74) is 1.74. The van der Waals surface area contributed by atoms with Gasteiger partial charge in [-0.3, -0.25) is 18.9 Å². The van der Waals surface area contributed by atoms with E-state index >= 15 is 4.39 Å². The Hall–Kier alpha value is -4.03. The maximum atomic E-state index is 15.0. The van der Waals surface area contributed by atoms with Gasteiger partial charge in [-0.2, -0.15) is 0 Å². The lowest BCUT2D eigenvalue weighted by atomic mass is 10.1. The van der Waals surface area contributed by atoms with Gasteiger partial charge in [-0.25, -0.2) is 14.2 Å². The molecule has 1 aliphatic rings. The summed E-state index contributed by atoms with van der Waals surface area (Å²) in [5, 5.41) is 23.4. The number of fused-ring (bicyclic) bond motifs is 1. The molecule has 1 aliphatic heterocycles. The highest BCUT2D eigenvalue weighted by Gasteiger charge is 2.32. The molecule has 2 aromatic heterocycles. The number of ether oxygens (including phenoxy) is 1. The van der Waals surface area contributed by atoms with Gasteiger partial charge in [0.05, 0.1) is 37.7 Å². The highest BCUT2D eigenvalue weighted by atomic mass is 19.1. The molecule has 35 heavy (non-hydrogen) atoms. The summed E-state index contributed by atoms with van der Waals surface area (Å²) in [6.07, 6.45) is 0.711. The Morgan fingerprint density at radius 2 is 2.09 bits per heavy atom. The number of carbonyl (C=O) groups is 3. The molecule has 1 aromatic carbocycles. The lowest BCUT2D eigenvalue weighted by molar-refractivity contribution is -0.119. The summed E-state index contributed by atoms with van der Waals surface area (Å²) in [6.45, 7) is 1.13. The van der Waals surface area contributed by atoms with Crippen molar-refractivity contribution < 1.29 is 33.7 Å². The zero-order chi connectivity index (χ0) is 25.1. The number of pyridine rings is 1. The number of imidazole rings is 1. The molecule has 1 fully saturated rings. The number of aliphatic hydroxyl groups excluding tert-OH is 2. The number of benzene rings is 1. The van der Waals surface area contributed by atoms with E-state index in [1.807, 2.05) is 0 Å². The number of cyclic esters (lactones) is 1.